The van der Waals surface area contributed by atoms with Crippen molar-refractivity contribution in [3.05, 3.63) is 12.4 Å². The summed E-state index contributed by atoms with van der Waals surface area (Å²) in [4.78, 5) is 4.16. The van der Waals surface area contributed by atoms with E-state index in [2.05, 4.69) is 4.98 Å². The average molecular weight is 171 g/mol. The van der Waals surface area contributed by atoms with E-state index in [9.17, 15) is 0 Å². The first-order chi connectivity index (χ1) is 5.20. The van der Waals surface area contributed by atoms with Crippen LogP contribution in [0.4, 0.5) is 0 Å². The maximum absolute atomic E-state index is 5.60. The number of aromatic nitrogens is 2. The molecule has 1 aromatic heterocycles. The third kappa shape index (κ3) is 2.55. The lowest BCUT2D eigenvalue weighted by Gasteiger charge is -2.03. The van der Waals surface area contributed by atoms with Crippen LogP contribution in [-0.2, 0) is 7.05 Å². The number of hydrogen-bond donors (Lipinski definition) is 1. The number of nitrogens with zero attached hydrogens (tertiary/aromatic N) is 2. The summed E-state index contributed by atoms with van der Waals surface area (Å²) < 4.78 is 1.99. The molecule has 1 unspecified atom stereocenters. The lowest BCUT2D eigenvalue weighted by atomic mass is 10.4. The van der Waals surface area contributed by atoms with Crippen LogP contribution in [0.3, 0.4) is 0 Å². The van der Waals surface area contributed by atoms with Crippen molar-refractivity contribution in [2.45, 2.75) is 18.1 Å². The molecule has 0 amide bonds. The summed E-state index contributed by atoms with van der Waals surface area (Å²) in [5, 5.41) is 1.03. The zero-order chi connectivity index (χ0) is 8.27. The quantitative estimate of drug-likeness (QED) is 0.686. The molecule has 2 N–H and O–H groups in total. The van der Waals surface area contributed by atoms with Gasteiger partial charge in [-0.3, -0.25) is 0 Å². The summed E-state index contributed by atoms with van der Waals surface area (Å²) >= 11 is 1.69. The minimum atomic E-state index is 0.233. The van der Waals surface area contributed by atoms with Crippen LogP contribution in [-0.4, -0.2) is 21.3 Å². The third-order valence-electron chi connectivity index (χ3n) is 1.25. The Morgan fingerprint density at radius 2 is 2.55 bits per heavy atom. The highest BCUT2D eigenvalue weighted by Gasteiger charge is 2.00. The molecule has 1 heterocycles. The second-order valence-corrected chi connectivity index (χ2v) is 3.60. The minimum absolute atomic E-state index is 0.233. The Kier molecular flexibility index (Phi) is 2.96. The van der Waals surface area contributed by atoms with Gasteiger partial charge in [0.1, 0.15) is 0 Å². The average Bonchev–Trinajstić information content (AvgIpc) is 2.31. The van der Waals surface area contributed by atoms with Gasteiger partial charge in [-0.25, -0.2) is 4.98 Å². The maximum atomic E-state index is 5.60. The van der Waals surface area contributed by atoms with E-state index < -0.39 is 0 Å². The fourth-order valence-electron chi connectivity index (χ4n) is 0.697. The molecule has 0 spiro atoms. The second kappa shape index (κ2) is 3.78. The molecule has 3 nitrogen and oxygen atoms in total. The van der Waals surface area contributed by atoms with Gasteiger partial charge >= 0.3 is 0 Å². The predicted molar refractivity (Wildman–Crippen MR) is 47.6 cm³/mol. The van der Waals surface area contributed by atoms with Crippen molar-refractivity contribution >= 4 is 11.8 Å². The van der Waals surface area contributed by atoms with Crippen LogP contribution in [0.2, 0.25) is 0 Å². The molecule has 0 aliphatic rings. The van der Waals surface area contributed by atoms with Gasteiger partial charge in [-0.15, -0.1) is 0 Å². The van der Waals surface area contributed by atoms with Crippen molar-refractivity contribution in [3.8, 4) is 0 Å². The zero-order valence-corrected chi connectivity index (χ0v) is 7.64. The highest BCUT2D eigenvalue weighted by Crippen LogP contribution is 2.14. The van der Waals surface area contributed by atoms with Crippen molar-refractivity contribution < 1.29 is 0 Å². The monoisotopic (exact) mass is 171 g/mol. The van der Waals surface area contributed by atoms with Crippen LogP contribution in [0.15, 0.2) is 17.6 Å². The van der Waals surface area contributed by atoms with Crippen molar-refractivity contribution in [2.75, 3.05) is 5.75 Å². The molecule has 1 aromatic rings. The van der Waals surface area contributed by atoms with E-state index in [-0.39, 0.29) is 6.04 Å². The molecule has 62 valence electrons. The lowest BCUT2D eigenvalue weighted by molar-refractivity contribution is 0.782. The molecule has 4 heteroatoms. The van der Waals surface area contributed by atoms with Gasteiger partial charge in [0.05, 0.1) is 0 Å². The van der Waals surface area contributed by atoms with Gasteiger partial charge in [0, 0.05) is 31.2 Å². The van der Waals surface area contributed by atoms with E-state index >= 15 is 0 Å². The first-order valence-corrected chi connectivity index (χ1v) is 4.54. The van der Waals surface area contributed by atoms with E-state index in [4.69, 9.17) is 5.73 Å². The molecule has 0 aliphatic carbocycles. The summed E-state index contributed by atoms with van der Waals surface area (Å²) in [6.45, 7) is 2.00. The minimum Gasteiger partial charge on any atom is -0.329 e. The van der Waals surface area contributed by atoms with Crippen LogP contribution in [0.5, 0.6) is 0 Å². The number of aryl methyl sites for hydroxylation is 1. The Morgan fingerprint density at radius 1 is 1.82 bits per heavy atom. The Labute approximate surface area is 71.0 Å². The van der Waals surface area contributed by atoms with E-state index in [0.717, 1.165) is 10.9 Å². The summed E-state index contributed by atoms with van der Waals surface area (Å²) in [6.07, 6.45) is 3.73. The normalized spacial score (nSPS) is 13.4. The predicted octanol–water partition coefficient (Wildman–Crippen LogP) is 0.859. The number of rotatable bonds is 3. The molecule has 0 aromatic carbocycles. The van der Waals surface area contributed by atoms with E-state index in [1.165, 1.54) is 0 Å². The van der Waals surface area contributed by atoms with Crippen LogP contribution >= 0.6 is 11.8 Å². The smallest absolute Gasteiger partial charge is 0.167 e. The standard InChI is InChI=1S/C7H13N3S/c1-6(8)5-11-7-9-3-4-10(7)2/h3-4,6H,5,8H2,1-2H3. The molecule has 1 rings (SSSR count). The molecule has 0 fully saturated rings. The summed E-state index contributed by atoms with van der Waals surface area (Å²) in [7, 11) is 1.98. The van der Waals surface area contributed by atoms with Gasteiger partial charge in [-0.1, -0.05) is 11.8 Å². The molecular weight excluding hydrogens is 158 g/mol. The number of hydrogen-bond acceptors (Lipinski definition) is 3. The first-order valence-electron chi connectivity index (χ1n) is 3.56. The van der Waals surface area contributed by atoms with Gasteiger partial charge < -0.3 is 10.3 Å². The van der Waals surface area contributed by atoms with Crippen molar-refractivity contribution in [1.82, 2.24) is 9.55 Å². The fraction of sp³-hybridized carbons (Fsp3) is 0.571. The molecule has 0 aliphatic heterocycles. The van der Waals surface area contributed by atoms with Gasteiger partial charge in [0.25, 0.3) is 0 Å². The van der Waals surface area contributed by atoms with E-state index in [1.807, 2.05) is 24.7 Å². The van der Waals surface area contributed by atoms with Crippen LogP contribution in [0.1, 0.15) is 6.92 Å². The van der Waals surface area contributed by atoms with Crippen LogP contribution in [0.25, 0.3) is 0 Å². The maximum Gasteiger partial charge on any atom is 0.167 e. The van der Waals surface area contributed by atoms with Crippen molar-refractivity contribution in [3.63, 3.8) is 0 Å². The van der Waals surface area contributed by atoms with E-state index in [0.29, 0.717) is 0 Å². The highest BCUT2D eigenvalue weighted by atomic mass is 32.2. The summed E-state index contributed by atoms with van der Waals surface area (Å²) in [5.41, 5.74) is 5.60. The second-order valence-electron chi connectivity index (χ2n) is 2.61. The summed E-state index contributed by atoms with van der Waals surface area (Å²) in [6, 6.07) is 0.233. The first kappa shape index (κ1) is 8.62. The molecule has 0 bridgehead atoms. The fourth-order valence-corrected chi connectivity index (χ4v) is 1.51. The van der Waals surface area contributed by atoms with Gasteiger partial charge in [0.2, 0.25) is 0 Å². The third-order valence-corrected chi connectivity index (χ3v) is 2.60. The Balaban J connectivity index is 2.44. The van der Waals surface area contributed by atoms with Crippen molar-refractivity contribution in [2.24, 2.45) is 12.8 Å². The SMILES string of the molecule is CC(N)CSc1nccn1C. The molecule has 1 atom stereocenters. The zero-order valence-electron chi connectivity index (χ0n) is 6.82. The Bertz CT molecular complexity index is 219. The molecule has 11 heavy (non-hydrogen) atoms. The van der Waals surface area contributed by atoms with Gasteiger partial charge in [0.15, 0.2) is 5.16 Å². The van der Waals surface area contributed by atoms with Crippen LogP contribution in [0, 0.1) is 0 Å². The Morgan fingerprint density at radius 3 is 3.00 bits per heavy atom. The largest absolute Gasteiger partial charge is 0.329 e. The number of thioether (sulfide) groups is 1. The topological polar surface area (TPSA) is 43.8 Å². The molecule has 0 saturated carbocycles. The van der Waals surface area contributed by atoms with Gasteiger partial charge in [-0.05, 0) is 6.92 Å². The molecular formula is C7H13N3S. The van der Waals surface area contributed by atoms with Crippen LogP contribution < -0.4 is 5.73 Å². The lowest BCUT2D eigenvalue weighted by Crippen LogP contribution is -2.17. The highest BCUT2D eigenvalue weighted by molar-refractivity contribution is 7.99. The number of imidazole rings is 1. The Hall–Kier alpha value is -0.480. The summed E-state index contributed by atoms with van der Waals surface area (Å²) in [5.74, 6) is 0.921. The van der Waals surface area contributed by atoms with Gasteiger partial charge in [-0.2, -0.15) is 0 Å². The molecule has 0 radical (unpaired) electrons. The molecule has 0 saturated heterocycles. The van der Waals surface area contributed by atoms with E-state index in [1.54, 1.807) is 18.0 Å². The van der Waals surface area contributed by atoms with Crippen molar-refractivity contribution in [1.29, 1.82) is 0 Å². The number of nitrogens with two attached hydrogens (primary N) is 1.